The maximum absolute atomic E-state index is 11.9. The number of aryl methyl sites for hydroxylation is 1. The Bertz CT molecular complexity index is 444. The number of rotatable bonds is 6. The third-order valence-electron chi connectivity index (χ3n) is 2.80. The van der Waals surface area contributed by atoms with Crippen LogP contribution in [0.3, 0.4) is 0 Å². The Morgan fingerprint density at radius 1 is 1.56 bits per heavy atom. The minimum Gasteiger partial charge on any atom is -0.381 e. The highest BCUT2D eigenvalue weighted by Crippen LogP contribution is 2.15. The third-order valence-corrected chi connectivity index (χ3v) is 3.17. The maximum Gasteiger partial charge on any atom is 0.287 e. The zero-order chi connectivity index (χ0) is 13.7. The normalized spacial score (nSPS) is 12.8. The molecule has 0 bridgehead atoms. The molecule has 1 atom stereocenters. The van der Waals surface area contributed by atoms with Crippen LogP contribution in [0.1, 0.15) is 27.2 Å². The van der Waals surface area contributed by atoms with E-state index < -0.39 is 0 Å². The van der Waals surface area contributed by atoms with Crippen molar-refractivity contribution in [1.82, 2.24) is 9.78 Å². The fraction of sp³-hybridized carbons (Fsp3) is 0.667. The minimum absolute atomic E-state index is 0.0131. The lowest BCUT2D eigenvalue weighted by atomic mass is 10.1. The number of halogens is 1. The van der Waals surface area contributed by atoms with E-state index in [-0.39, 0.29) is 16.6 Å². The Kier molecular flexibility index (Phi) is 5.62. The molecule has 6 heteroatoms. The standard InChI is InChI=1S/C12H21ClN4O/c1-4-5-17-12(18)11(13)10(7-16-17)15-6-9(14)8(2)3/h7-9,15H,4-6,14H2,1-3H3. The molecule has 18 heavy (non-hydrogen) atoms. The molecule has 1 unspecified atom stereocenters. The van der Waals surface area contributed by atoms with Gasteiger partial charge in [0.05, 0.1) is 11.9 Å². The summed E-state index contributed by atoms with van der Waals surface area (Å²) in [6.07, 6.45) is 2.42. The molecule has 0 aliphatic rings. The fourth-order valence-corrected chi connectivity index (χ4v) is 1.64. The van der Waals surface area contributed by atoms with Gasteiger partial charge < -0.3 is 11.1 Å². The van der Waals surface area contributed by atoms with Gasteiger partial charge in [0.15, 0.2) is 0 Å². The van der Waals surface area contributed by atoms with E-state index in [9.17, 15) is 4.79 Å². The predicted molar refractivity (Wildman–Crippen MR) is 75.1 cm³/mol. The van der Waals surface area contributed by atoms with Crippen LogP contribution in [0.2, 0.25) is 5.02 Å². The van der Waals surface area contributed by atoms with Crippen LogP contribution in [0.25, 0.3) is 0 Å². The van der Waals surface area contributed by atoms with Crippen LogP contribution >= 0.6 is 11.6 Å². The highest BCUT2D eigenvalue weighted by Gasteiger charge is 2.11. The molecule has 102 valence electrons. The van der Waals surface area contributed by atoms with Crippen LogP contribution in [-0.2, 0) is 6.54 Å². The summed E-state index contributed by atoms with van der Waals surface area (Å²) >= 11 is 6.02. The summed E-state index contributed by atoms with van der Waals surface area (Å²) in [4.78, 5) is 11.9. The summed E-state index contributed by atoms with van der Waals surface area (Å²) in [5.41, 5.74) is 6.20. The third kappa shape index (κ3) is 3.71. The zero-order valence-corrected chi connectivity index (χ0v) is 11.9. The van der Waals surface area contributed by atoms with E-state index in [0.717, 1.165) is 6.42 Å². The predicted octanol–water partition coefficient (Wildman–Crippen LogP) is 1.70. The van der Waals surface area contributed by atoms with Gasteiger partial charge in [-0.2, -0.15) is 5.10 Å². The number of nitrogens with two attached hydrogens (primary N) is 1. The van der Waals surface area contributed by atoms with E-state index in [1.807, 2.05) is 20.8 Å². The van der Waals surface area contributed by atoms with Crippen LogP contribution in [0.5, 0.6) is 0 Å². The van der Waals surface area contributed by atoms with Gasteiger partial charge in [-0.05, 0) is 12.3 Å². The quantitative estimate of drug-likeness (QED) is 0.827. The number of hydrogen-bond acceptors (Lipinski definition) is 4. The molecule has 1 rings (SSSR count). The van der Waals surface area contributed by atoms with Crippen LogP contribution < -0.4 is 16.6 Å². The SMILES string of the molecule is CCCn1ncc(NCC(N)C(C)C)c(Cl)c1=O. The molecular formula is C12H21ClN4O. The number of aromatic nitrogens is 2. The second-order valence-electron chi connectivity index (χ2n) is 4.69. The van der Waals surface area contributed by atoms with E-state index in [1.54, 1.807) is 6.20 Å². The molecule has 1 aromatic rings. The smallest absolute Gasteiger partial charge is 0.287 e. The molecule has 1 aromatic heterocycles. The van der Waals surface area contributed by atoms with Gasteiger partial charge in [0.2, 0.25) is 0 Å². The summed E-state index contributed by atoms with van der Waals surface area (Å²) in [5, 5.41) is 7.31. The topological polar surface area (TPSA) is 72.9 Å². The molecule has 0 aliphatic carbocycles. The molecule has 0 fully saturated rings. The fourth-order valence-electron chi connectivity index (χ4n) is 1.42. The van der Waals surface area contributed by atoms with E-state index >= 15 is 0 Å². The highest BCUT2D eigenvalue weighted by atomic mass is 35.5. The number of anilines is 1. The van der Waals surface area contributed by atoms with Crippen molar-refractivity contribution >= 4 is 17.3 Å². The van der Waals surface area contributed by atoms with Gasteiger partial charge in [0.25, 0.3) is 5.56 Å². The summed E-state index contributed by atoms with van der Waals surface area (Å²) in [5.74, 6) is 0.365. The Morgan fingerprint density at radius 2 is 2.22 bits per heavy atom. The van der Waals surface area contributed by atoms with Crippen molar-refractivity contribution < 1.29 is 0 Å². The summed E-state index contributed by atoms with van der Waals surface area (Å²) in [6.45, 7) is 7.22. The second-order valence-corrected chi connectivity index (χ2v) is 5.07. The molecule has 0 spiro atoms. The molecule has 5 nitrogen and oxygen atoms in total. The molecular weight excluding hydrogens is 252 g/mol. The lowest BCUT2D eigenvalue weighted by Gasteiger charge is -2.17. The Labute approximate surface area is 112 Å². The molecule has 0 saturated heterocycles. The lowest BCUT2D eigenvalue weighted by molar-refractivity contribution is 0.511. The van der Waals surface area contributed by atoms with Crippen molar-refractivity contribution in [2.75, 3.05) is 11.9 Å². The van der Waals surface area contributed by atoms with E-state index in [4.69, 9.17) is 17.3 Å². The van der Waals surface area contributed by atoms with E-state index in [1.165, 1.54) is 4.68 Å². The van der Waals surface area contributed by atoms with Crippen LogP contribution in [-0.4, -0.2) is 22.4 Å². The van der Waals surface area contributed by atoms with Gasteiger partial charge in [-0.3, -0.25) is 4.79 Å². The molecule has 0 aliphatic heterocycles. The first-order chi connectivity index (χ1) is 8.47. The molecule has 1 heterocycles. The van der Waals surface area contributed by atoms with Crippen molar-refractivity contribution in [3.05, 3.63) is 21.6 Å². The lowest BCUT2D eigenvalue weighted by Crippen LogP contribution is -2.34. The largest absolute Gasteiger partial charge is 0.381 e. The van der Waals surface area contributed by atoms with Gasteiger partial charge >= 0.3 is 0 Å². The number of nitrogens with one attached hydrogen (secondary N) is 1. The van der Waals surface area contributed by atoms with Gasteiger partial charge in [0, 0.05) is 19.1 Å². The summed E-state index contributed by atoms with van der Waals surface area (Å²) in [6, 6.07) is 0.0131. The van der Waals surface area contributed by atoms with Crippen LogP contribution in [0, 0.1) is 5.92 Å². The van der Waals surface area contributed by atoms with Crippen molar-refractivity contribution in [3.8, 4) is 0 Å². The first kappa shape index (κ1) is 15.0. The zero-order valence-electron chi connectivity index (χ0n) is 11.1. The van der Waals surface area contributed by atoms with Gasteiger partial charge in [-0.15, -0.1) is 0 Å². The Hall–Kier alpha value is -1.07. The monoisotopic (exact) mass is 272 g/mol. The summed E-state index contributed by atoms with van der Waals surface area (Å²) < 4.78 is 1.37. The molecule has 0 aromatic carbocycles. The number of hydrogen-bond donors (Lipinski definition) is 2. The minimum atomic E-state index is -0.262. The van der Waals surface area contributed by atoms with Crippen LogP contribution in [0.15, 0.2) is 11.0 Å². The second kappa shape index (κ2) is 6.75. The van der Waals surface area contributed by atoms with Gasteiger partial charge in [-0.25, -0.2) is 4.68 Å². The van der Waals surface area contributed by atoms with E-state index in [0.29, 0.717) is 24.7 Å². The average molecular weight is 273 g/mol. The van der Waals surface area contributed by atoms with E-state index in [2.05, 4.69) is 10.4 Å². The first-order valence-electron chi connectivity index (χ1n) is 6.22. The summed E-state index contributed by atoms with van der Waals surface area (Å²) in [7, 11) is 0. The van der Waals surface area contributed by atoms with Gasteiger partial charge in [0.1, 0.15) is 5.02 Å². The highest BCUT2D eigenvalue weighted by molar-refractivity contribution is 6.32. The Balaban J connectivity index is 2.79. The number of nitrogens with zero attached hydrogens (tertiary/aromatic N) is 2. The van der Waals surface area contributed by atoms with Crippen molar-refractivity contribution in [3.63, 3.8) is 0 Å². The van der Waals surface area contributed by atoms with Crippen molar-refractivity contribution in [2.24, 2.45) is 11.7 Å². The molecule has 3 N–H and O–H groups in total. The molecule has 0 amide bonds. The molecule has 0 saturated carbocycles. The Morgan fingerprint density at radius 3 is 2.78 bits per heavy atom. The molecule has 0 radical (unpaired) electrons. The first-order valence-corrected chi connectivity index (χ1v) is 6.60. The van der Waals surface area contributed by atoms with Crippen molar-refractivity contribution in [1.29, 1.82) is 0 Å². The van der Waals surface area contributed by atoms with Crippen LogP contribution in [0.4, 0.5) is 5.69 Å². The van der Waals surface area contributed by atoms with Crippen molar-refractivity contribution in [2.45, 2.75) is 39.8 Å². The van der Waals surface area contributed by atoms with Gasteiger partial charge in [-0.1, -0.05) is 32.4 Å². The average Bonchev–Trinajstić information content (AvgIpc) is 2.33. The maximum atomic E-state index is 11.9.